The van der Waals surface area contributed by atoms with Gasteiger partial charge < -0.3 is 9.64 Å². The molecule has 0 fully saturated rings. The van der Waals surface area contributed by atoms with Crippen molar-refractivity contribution in [1.29, 1.82) is 0 Å². The molecule has 5 heteroatoms. The van der Waals surface area contributed by atoms with Crippen LogP contribution in [0.2, 0.25) is 0 Å². The third kappa shape index (κ3) is 4.91. The number of benzene rings is 2. The summed E-state index contributed by atoms with van der Waals surface area (Å²) >= 11 is 0. The molecular weight excluding hydrogens is 309 g/mol. The van der Waals surface area contributed by atoms with Gasteiger partial charge in [0.05, 0.1) is 13.5 Å². The molecular formula is C19H20FNO3. The van der Waals surface area contributed by atoms with Crippen molar-refractivity contribution in [3.8, 4) is 0 Å². The van der Waals surface area contributed by atoms with E-state index in [2.05, 4.69) is 4.74 Å². The highest BCUT2D eigenvalue weighted by Crippen LogP contribution is 2.13. The molecule has 0 atom stereocenters. The molecule has 1 amide bonds. The Balaban J connectivity index is 2.19. The average Bonchev–Trinajstić information content (AvgIpc) is 2.59. The minimum absolute atomic E-state index is 0.0867. The van der Waals surface area contributed by atoms with E-state index in [1.807, 2.05) is 31.2 Å². The topological polar surface area (TPSA) is 46.6 Å². The first-order chi connectivity index (χ1) is 11.5. The van der Waals surface area contributed by atoms with E-state index in [0.717, 1.165) is 11.1 Å². The van der Waals surface area contributed by atoms with E-state index in [9.17, 15) is 14.0 Å². The van der Waals surface area contributed by atoms with Gasteiger partial charge in [-0.15, -0.1) is 0 Å². The molecule has 0 unspecified atom stereocenters. The molecule has 0 aromatic heterocycles. The molecule has 0 heterocycles. The molecule has 4 nitrogen and oxygen atoms in total. The highest BCUT2D eigenvalue weighted by Gasteiger charge is 2.18. The summed E-state index contributed by atoms with van der Waals surface area (Å²) in [6.07, 6.45) is 0.0867. The second-order valence-corrected chi connectivity index (χ2v) is 5.55. The molecule has 0 spiro atoms. The molecule has 24 heavy (non-hydrogen) atoms. The van der Waals surface area contributed by atoms with Crippen molar-refractivity contribution in [2.75, 3.05) is 13.7 Å². The lowest BCUT2D eigenvalue weighted by atomic mass is 10.1. The van der Waals surface area contributed by atoms with E-state index < -0.39 is 11.8 Å². The maximum absolute atomic E-state index is 13.4. The Labute approximate surface area is 140 Å². The predicted molar refractivity (Wildman–Crippen MR) is 89.0 cm³/mol. The quantitative estimate of drug-likeness (QED) is 0.764. The number of esters is 1. The normalized spacial score (nSPS) is 10.3. The molecule has 0 saturated heterocycles. The van der Waals surface area contributed by atoms with Crippen LogP contribution in [0.15, 0.2) is 48.5 Å². The van der Waals surface area contributed by atoms with Crippen LogP contribution in [0.3, 0.4) is 0 Å². The third-order valence-electron chi connectivity index (χ3n) is 3.67. The number of carbonyl (C=O) groups is 2. The van der Waals surface area contributed by atoms with Gasteiger partial charge in [0.1, 0.15) is 5.82 Å². The van der Waals surface area contributed by atoms with E-state index in [1.54, 1.807) is 6.07 Å². The molecule has 0 saturated carbocycles. The van der Waals surface area contributed by atoms with Gasteiger partial charge in [0.25, 0.3) is 5.91 Å². The van der Waals surface area contributed by atoms with Crippen LogP contribution in [0.25, 0.3) is 0 Å². The predicted octanol–water partition coefficient (Wildman–Crippen LogP) is 3.34. The van der Waals surface area contributed by atoms with Gasteiger partial charge in [0, 0.05) is 18.7 Å². The second-order valence-electron chi connectivity index (χ2n) is 5.55. The van der Waals surface area contributed by atoms with Crippen LogP contribution in [0.1, 0.15) is 27.9 Å². The van der Waals surface area contributed by atoms with Crippen molar-refractivity contribution in [1.82, 2.24) is 4.90 Å². The van der Waals surface area contributed by atoms with Crippen molar-refractivity contribution in [2.45, 2.75) is 19.9 Å². The van der Waals surface area contributed by atoms with Gasteiger partial charge in [-0.05, 0) is 30.7 Å². The monoisotopic (exact) mass is 329 g/mol. The van der Waals surface area contributed by atoms with Crippen LogP contribution in [0, 0.1) is 12.7 Å². The number of methoxy groups -OCH3 is 1. The van der Waals surface area contributed by atoms with Gasteiger partial charge in [0.15, 0.2) is 0 Å². The Morgan fingerprint density at radius 2 is 1.83 bits per heavy atom. The first kappa shape index (κ1) is 17.7. The van der Waals surface area contributed by atoms with Crippen molar-refractivity contribution < 1.29 is 18.7 Å². The summed E-state index contributed by atoms with van der Waals surface area (Å²) in [7, 11) is 1.31. The number of rotatable bonds is 6. The lowest BCUT2D eigenvalue weighted by Crippen LogP contribution is -2.32. The van der Waals surface area contributed by atoms with Gasteiger partial charge in [-0.1, -0.05) is 35.9 Å². The zero-order valence-corrected chi connectivity index (χ0v) is 13.8. The van der Waals surface area contributed by atoms with Gasteiger partial charge in [0.2, 0.25) is 0 Å². The van der Waals surface area contributed by atoms with Crippen molar-refractivity contribution in [2.24, 2.45) is 0 Å². The smallest absolute Gasteiger partial charge is 0.307 e. The highest BCUT2D eigenvalue weighted by molar-refractivity contribution is 5.94. The number of hydrogen-bond donors (Lipinski definition) is 0. The number of halogens is 1. The Morgan fingerprint density at radius 3 is 2.46 bits per heavy atom. The molecule has 0 radical (unpaired) electrons. The summed E-state index contributed by atoms with van der Waals surface area (Å²) in [5.41, 5.74) is 2.32. The fourth-order valence-corrected chi connectivity index (χ4v) is 2.30. The Hall–Kier alpha value is -2.69. The van der Waals surface area contributed by atoms with Crippen LogP contribution < -0.4 is 0 Å². The summed E-state index contributed by atoms with van der Waals surface area (Å²) < 4.78 is 18.0. The standard InChI is InChI=1S/C19H20FNO3/c1-14-6-8-15(9-7-14)13-21(11-10-18(22)24-2)19(23)16-4-3-5-17(20)12-16/h3-9,12H,10-11,13H2,1-2H3. The highest BCUT2D eigenvalue weighted by atomic mass is 19.1. The van der Waals surface area contributed by atoms with Crippen molar-refractivity contribution in [3.05, 3.63) is 71.0 Å². The van der Waals surface area contributed by atoms with Gasteiger partial charge in [-0.2, -0.15) is 0 Å². The molecule has 0 aliphatic heterocycles. The van der Waals surface area contributed by atoms with Crippen LogP contribution in [-0.2, 0) is 16.1 Å². The summed E-state index contributed by atoms with van der Waals surface area (Å²) in [6.45, 7) is 2.53. The molecule has 0 aliphatic rings. The zero-order chi connectivity index (χ0) is 17.5. The maximum atomic E-state index is 13.4. The van der Waals surface area contributed by atoms with E-state index in [4.69, 9.17) is 0 Å². The number of nitrogens with zero attached hydrogens (tertiary/aromatic N) is 1. The fourth-order valence-electron chi connectivity index (χ4n) is 2.30. The van der Waals surface area contributed by atoms with Crippen LogP contribution >= 0.6 is 0 Å². The van der Waals surface area contributed by atoms with E-state index in [-0.39, 0.29) is 24.4 Å². The Kier molecular flexibility index (Phi) is 6.07. The molecule has 2 aromatic rings. The molecule has 0 aliphatic carbocycles. The molecule has 2 aromatic carbocycles. The van der Waals surface area contributed by atoms with E-state index >= 15 is 0 Å². The van der Waals surface area contributed by atoms with Gasteiger partial charge >= 0.3 is 5.97 Å². The van der Waals surface area contributed by atoms with Crippen LogP contribution in [0.4, 0.5) is 4.39 Å². The largest absolute Gasteiger partial charge is 0.469 e. The number of carbonyl (C=O) groups excluding carboxylic acids is 2. The number of aryl methyl sites for hydroxylation is 1. The molecule has 2 rings (SSSR count). The SMILES string of the molecule is COC(=O)CCN(Cc1ccc(C)cc1)C(=O)c1cccc(F)c1. The minimum Gasteiger partial charge on any atom is -0.469 e. The number of hydrogen-bond acceptors (Lipinski definition) is 3. The van der Waals surface area contributed by atoms with Gasteiger partial charge in [-0.3, -0.25) is 9.59 Å². The van der Waals surface area contributed by atoms with Crippen LogP contribution in [0.5, 0.6) is 0 Å². The maximum Gasteiger partial charge on any atom is 0.307 e. The first-order valence-electron chi connectivity index (χ1n) is 7.67. The third-order valence-corrected chi connectivity index (χ3v) is 3.67. The molecule has 0 N–H and O–H groups in total. The van der Waals surface area contributed by atoms with E-state index in [1.165, 1.54) is 30.2 Å². The summed E-state index contributed by atoms with van der Waals surface area (Å²) in [4.78, 5) is 25.6. The second kappa shape index (κ2) is 8.24. The lowest BCUT2D eigenvalue weighted by Gasteiger charge is -2.22. The summed E-state index contributed by atoms with van der Waals surface area (Å²) in [6, 6.07) is 13.3. The molecule has 0 bridgehead atoms. The number of amides is 1. The summed E-state index contributed by atoms with van der Waals surface area (Å²) in [5.74, 6) is -1.18. The summed E-state index contributed by atoms with van der Waals surface area (Å²) in [5, 5.41) is 0. The fraction of sp³-hybridized carbons (Fsp3) is 0.263. The lowest BCUT2D eigenvalue weighted by molar-refractivity contribution is -0.140. The Morgan fingerprint density at radius 1 is 1.12 bits per heavy atom. The van der Waals surface area contributed by atoms with Gasteiger partial charge in [-0.25, -0.2) is 4.39 Å². The minimum atomic E-state index is -0.468. The Bertz CT molecular complexity index is 713. The van der Waals surface area contributed by atoms with Crippen molar-refractivity contribution >= 4 is 11.9 Å². The van der Waals surface area contributed by atoms with E-state index in [0.29, 0.717) is 6.54 Å². The molecule has 126 valence electrons. The number of ether oxygens (including phenoxy) is 1. The first-order valence-corrected chi connectivity index (χ1v) is 7.67. The zero-order valence-electron chi connectivity index (χ0n) is 13.8. The van der Waals surface area contributed by atoms with Crippen LogP contribution in [-0.4, -0.2) is 30.4 Å². The van der Waals surface area contributed by atoms with Crippen molar-refractivity contribution in [3.63, 3.8) is 0 Å². The average molecular weight is 329 g/mol.